The van der Waals surface area contributed by atoms with Gasteiger partial charge in [-0.2, -0.15) is 0 Å². The molecule has 0 fully saturated rings. The Hall–Kier alpha value is -2.18. The van der Waals surface area contributed by atoms with Crippen LogP contribution in [0.15, 0.2) is 23.5 Å². The number of carbonyl (C=O) groups excluding carboxylic acids is 1. The van der Waals surface area contributed by atoms with Gasteiger partial charge < -0.3 is 15.8 Å². The number of amides is 1. The second-order valence-electron chi connectivity index (χ2n) is 3.11. The first-order valence-corrected chi connectivity index (χ1v) is 4.38. The van der Waals surface area contributed by atoms with Crippen LogP contribution in [0.5, 0.6) is 0 Å². The number of nitrogens with two attached hydrogens (primary N) is 1. The molecule has 7 heteroatoms. The summed E-state index contributed by atoms with van der Waals surface area (Å²) < 4.78 is 12.6. The maximum absolute atomic E-state index is 12.6. The van der Waals surface area contributed by atoms with Crippen LogP contribution in [0.1, 0.15) is 10.5 Å². The van der Waals surface area contributed by atoms with Crippen molar-refractivity contribution in [1.29, 1.82) is 0 Å². The fourth-order valence-electron chi connectivity index (χ4n) is 1.04. The molecule has 86 valence electrons. The van der Waals surface area contributed by atoms with Crippen LogP contribution >= 0.6 is 0 Å². The van der Waals surface area contributed by atoms with Gasteiger partial charge in [-0.15, -0.1) is 0 Å². The molecule has 0 unspecified atom stereocenters. The highest BCUT2D eigenvalue weighted by Crippen LogP contribution is 2.01. The van der Waals surface area contributed by atoms with E-state index in [1.165, 1.54) is 18.0 Å². The minimum atomic E-state index is -0.518. The molecular formula is C9H11FN4O2. The molecule has 1 aromatic rings. The van der Waals surface area contributed by atoms with Gasteiger partial charge in [0.1, 0.15) is 11.5 Å². The van der Waals surface area contributed by atoms with Crippen molar-refractivity contribution in [3.63, 3.8) is 0 Å². The van der Waals surface area contributed by atoms with E-state index in [1.807, 2.05) is 0 Å². The van der Waals surface area contributed by atoms with E-state index in [2.05, 4.69) is 10.1 Å². The van der Waals surface area contributed by atoms with Crippen LogP contribution in [0.3, 0.4) is 0 Å². The standard InChI is InChI=1S/C9H11FN4O2/c1-14(5-8(11)13-16)9(15)7-3-2-6(10)4-12-7/h2-4,16H,5H2,1H3,(H2,11,13). The summed E-state index contributed by atoms with van der Waals surface area (Å²) in [5.74, 6) is -1.06. The van der Waals surface area contributed by atoms with Crippen molar-refractivity contribution in [1.82, 2.24) is 9.88 Å². The number of carbonyl (C=O) groups is 1. The first kappa shape index (κ1) is 11.9. The fraction of sp³-hybridized carbons (Fsp3) is 0.222. The minimum absolute atomic E-state index is 0.0333. The van der Waals surface area contributed by atoms with Gasteiger partial charge in [-0.3, -0.25) is 4.79 Å². The van der Waals surface area contributed by atoms with E-state index in [9.17, 15) is 9.18 Å². The zero-order chi connectivity index (χ0) is 12.1. The number of hydrogen-bond acceptors (Lipinski definition) is 4. The summed E-state index contributed by atoms with van der Waals surface area (Å²) in [6.45, 7) is -0.0333. The summed E-state index contributed by atoms with van der Waals surface area (Å²) in [4.78, 5) is 16.5. The van der Waals surface area contributed by atoms with Gasteiger partial charge in [0.2, 0.25) is 0 Å². The van der Waals surface area contributed by atoms with Gasteiger partial charge in [0.15, 0.2) is 5.84 Å². The second kappa shape index (κ2) is 5.06. The lowest BCUT2D eigenvalue weighted by atomic mass is 10.3. The summed E-state index contributed by atoms with van der Waals surface area (Å²) in [5.41, 5.74) is 5.33. The average Bonchev–Trinajstić information content (AvgIpc) is 2.28. The second-order valence-corrected chi connectivity index (χ2v) is 3.11. The molecule has 0 radical (unpaired) electrons. The Labute approximate surface area is 91.2 Å². The molecule has 0 saturated carbocycles. The van der Waals surface area contributed by atoms with E-state index in [-0.39, 0.29) is 18.1 Å². The van der Waals surface area contributed by atoms with E-state index >= 15 is 0 Å². The highest BCUT2D eigenvalue weighted by molar-refractivity contribution is 5.95. The first-order chi connectivity index (χ1) is 7.54. The molecular weight excluding hydrogens is 215 g/mol. The van der Waals surface area contributed by atoms with Crippen LogP contribution in [0.4, 0.5) is 4.39 Å². The summed E-state index contributed by atoms with van der Waals surface area (Å²) in [6, 6.07) is 2.40. The van der Waals surface area contributed by atoms with Gasteiger partial charge in [0.25, 0.3) is 5.91 Å². The summed E-state index contributed by atoms with van der Waals surface area (Å²) >= 11 is 0. The van der Waals surface area contributed by atoms with Crippen LogP contribution in [0.2, 0.25) is 0 Å². The van der Waals surface area contributed by atoms with Crippen molar-refractivity contribution in [2.45, 2.75) is 0 Å². The monoisotopic (exact) mass is 226 g/mol. The quantitative estimate of drug-likeness (QED) is 0.329. The molecule has 0 aromatic carbocycles. The molecule has 1 aromatic heterocycles. The van der Waals surface area contributed by atoms with Crippen molar-refractivity contribution in [3.8, 4) is 0 Å². The topological polar surface area (TPSA) is 91.8 Å². The molecule has 0 aliphatic carbocycles. The maximum atomic E-state index is 12.6. The number of halogens is 1. The summed E-state index contributed by atoms with van der Waals surface area (Å²) in [5, 5.41) is 11.1. The third kappa shape index (κ3) is 2.91. The lowest BCUT2D eigenvalue weighted by molar-refractivity contribution is 0.0808. The molecule has 6 nitrogen and oxygen atoms in total. The number of pyridine rings is 1. The number of nitrogens with zero attached hydrogens (tertiary/aromatic N) is 3. The van der Waals surface area contributed by atoms with E-state index in [1.54, 1.807) is 0 Å². The van der Waals surface area contributed by atoms with Crippen molar-refractivity contribution >= 4 is 11.7 Å². The van der Waals surface area contributed by atoms with Gasteiger partial charge in [0.05, 0.1) is 12.7 Å². The molecule has 1 heterocycles. The largest absolute Gasteiger partial charge is 0.409 e. The molecule has 0 atom stereocenters. The lowest BCUT2D eigenvalue weighted by Gasteiger charge is -2.15. The first-order valence-electron chi connectivity index (χ1n) is 4.38. The Morgan fingerprint density at radius 2 is 2.38 bits per heavy atom. The van der Waals surface area contributed by atoms with Crippen LogP contribution in [-0.2, 0) is 0 Å². The van der Waals surface area contributed by atoms with Gasteiger partial charge in [-0.25, -0.2) is 9.37 Å². The Balaban J connectivity index is 2.74. The highest BCUT2D eigenvalue weighted by Gasteiger charge is 2.14. The number of hydrogen-bond donors (Lipinski definition) is 2. The van der Waals surface area contributed by atoms with Crippen molar-refractivity contribution in [2.24, 2.45) is 10.9 Å². The smallest absolute Gasteiger partial charge is 0.272 e. The predicted octanol–water partition coefficient (Wildman–Crippen LogP) is 0.0391. The number of amidine groups is 1. The molecule has 1 rings (SSSR count). The normalized spacial score (nSPS) is 11.2. The van der Waals surface area contributed by atoms with E-state index in [0.29, 0.717) is 0 Å². The fourth-order valence-corrected chi connectivity index (χ4v) is 1.04. The molecule has 0 bridgehead atoms. The summed E-state index contributed by atoms with van der Waals surface area (Å²) in [7, 11) is 1.46. The Morgan fingerprint density at radius 3 is 2.88 bits per heavy atom. The van der Waals surface area contributed by atoms with Crippen molar-refractivity contribution < 1.29 is 14.4 Å². The van der Waals surface area contributed by atoms with Gasteiger partial charge in [0, 0.05) is 7.05 Å². The third-order valence-electron chi connectivity index (χ3n) is 1.82. The van der Waals surface area contributed by atoms with E-state index in [4.69, 9.17) is 10.9 Å². The van der Waals surface area contributed by atoms with Crippen LogP contribution in [0, 0.1) is 5.82 Å². The number of oxime groups is 1. The average molecular weight is 226 g/mol. The minimum Gasteiger partial charge on any atom is -0.409 e. The summed E-state index contributed by atoms with van der Waals surface area (Å²) in [6.07, 6.45) is 0.949. The Morgan fingerprint density at radius 1 is 1.69 bits per heavy atom. The molecule has 0 aliphatic heterocycles. The number of aromatic nitrogens is 1. The Bertz CT molecular complexity index is 404. The number of likely N-dealkylation sites (N-methyl/N-ethyl adjacent to an activating group) is 1. The lowest BCUT2D eigenvalue weighted by Crippen LogP contribution is -2.35. The number of rotatable bonds is 3. The predicted molar refractivity (Wildman–Crippen MR) is 54.6 cm³/mol. The van der Waals surface area contributed by atoms with Gasteiger partial charge in [-0.1, -0.05) is 5.16 Å². The molecule has 3 N–H and O–H groups in total. The van der Waals surface area contributed by atoms with E-state index in [0.717, 1.165) is 12.3 Å². The van der Waals surface area contributed by atoms with Gasteiger partial charge >= 0.3 is 0 Å². The van der Waals surface area contributed by atoms with Crippen LogP contribution in [0.25, 0.3) is 0 Å². The maximum Gasteiger partial charge on any atom is 0.272 e. The van der Waals surface area contributed by atoms with Crippen LogP contribution < -0.4 is 5.73 Å². The zero-order valence-corrected chi connectivity index (χ0v) is 8.59. The highest BCUT2D eigenvalue weighted by atomic mass is 19.1. The van der Waals surface area contributed by atoms with Gasteiger partial charge in [-0.05, 0) is 12.1 Å². The molecule has 0 spiro atoms. The molecule has 1 amide bonds. The Kier molecular flexibility index (Phi) is 3.76. The van der Waals surface area contributed by atoms with Crippen molar-refractivity contribution in [3.05, 3.63) is 29.8 Å². The third-order valence-corrected chi connectivity index (χ3v) is 1.82. The molecule has 16 heavy (non-hydrogen) atoms. The van der Waals surface area contributed by atoms with Crippen molar-refractivity contribution in [2.75, 3.05) is 13.6 Å². The van der Waals surface area contributed by atoms with E-state index < -0.39 is 11.7 Å². The molecule has 0 saturated heterocycles. The molecule has 0 aliphatic rings. The zero-order valence-electron chi connectivity index (χ0n) is 8.59. The SMILES string of the molecule is CN(C/C(N)=N/O)C(=O)c1ccc(F)cn1. The van der Waals surface area contributed by atoms with Crippen LogP contribution in [-0.4, -0.2) is 40.4 Å².